The van der Waals surface area contributed by atoms with Crippen molar-refractivity contribution in [2.45, 2.75) is 84.8 Å². The number of rotatable bonds is 7. The van der Waals surface area contributed by atoms with Crippen LogP contribution < -0.4 is 5.32 Å². The number of hydrogen-bond donors (Lipinski definition) is 4. The van der Waals surface area contributed by atoms with Crippen molar-refractivity contribution < 1.29 is 29.7 Å². The third-order valence-corrected chi connectivity index (χ3v) is 10.2. The van der Waals surface area contributed by atoms with Gasteiger partial charge in [-0.3, -0.25) is 4.79 Å². The van der Waals surface area contributed by atoms with Gasteiger partial charge in [-0.25, -0.2) is 4.79 Å². The van der Waals surface area contributed by atoms with Crippen molar-refractivity contribution in [1.29, 1.82) is 0 Å². The lowest BCUT2D eigenvalue weighted by molar-refractivity contribution is -0.153. The number of allylic oxidation sites excluding steroid dienone is 4. The molecule has 8 nitrogen and oxygen atoms in total. The largest absolute Gasteiger partial charge is 0.479 e. The van der Waals surface area contributed by atoms with Crippen molar-refractivity contribution >= 4 is 17.6 Å². The average Bonchev–Trinajstić information content (AvgIpc) is 3.06. The molecular weight excluding hydrogens is 460 g/mol. The normalized spacial score (nSPS) is 39.5. The van der Waals surface area contributed by atoms with E-state index in [9.17, 15) is 19.8 Å². The lowest BCUT2D eigenvalue weighted by Crippen LogP contribution is -2.53. The Bertz CT molecular complexity index is 998. The number of nitrogens with zero attached hydrogens (tertiary/aromatic N) is 1. The van der Waals surface area contributed by atoms with Crippen LogP contribution in [0.25, 0.3) is 0 Å². The maximum absolute atomic E-state index is 12.1. The van der Waals surface area contributed by atoms with Gasteiger partial charge in [0.1, 0.15) is 5.71 Å². The van der Waals surface area contributed by atoms with Gasteiger partial charge in [0.15, 0.2) is 12.7 Å². The zero-order valence-electron chi connectivity index (χ0n) is 22.2. The molecule has 36 heavy (non-hydrogen) atoms. The Morgan fingerprint density at radius 2 is 1.89 bits per heavy atom. The first kappa shape index (κ1) is 26.9. The summed E-state index contributed by atoms with van der Waals surface area (Å²) in [6.45, 7) is 9.52. The monoisotopic (exact) mass is 502 g/mol. The minimum atomic E-state index is -1.58. The Balaban J connectivity index is 1.35. The lowest BCUT2D eigenvalue weighted by atomic mass is 9.47. The molecule has 0 spiro atoms. The molecule has 7 atom stereocenters. The Morgan fingerprint density at radius 1 is 1.19 bits per heavy atom. The molecule has 4 rings (SSSR count). The van der Waals surface area contributed by atoms with Crippen LogP contribution in [0.2, 0.25) is 0 Å². The molecule has 0 saturated heterocycles. The minimum absolute atomic E-state index is 0.000429. The second-order valence-corrected chi connectivity index (χ2v) is 12.8. The van der Waals surface area contributed by atoms with Crippen LogP contribution in [-0.4, -0.2) is 57.8 Å². The highest BCUT2D eigenvalue weighted by Gasteiger charge is 2.62. The first-order valence-electron chi connectivity index (χ1n) is 13.2. The summed E-state index contributed by atoms with van der Waals surface area (Å²) in [6.07, 6.45) is 11.1. The van der Waals surface area contributed by atoms with Crippen LogP contribution >= 0.6 is 0 Å². The van der Waals surface area contributed by atoms with Gasteiger partial charge in [-0.1, -0.05) is 44.5 Å². The molecule has 0 radical (unpaired) electrons. The smallest absolute Gasteiger partial charge is 0.333 e. The number of aliphatic hydroxyl groups is 2. The number of nitrogens with one attached hydrogen (secondary N) is 1. The summed E-state index contributed by atoms with van der Waals surface area (Å²) in [5.74, 6) is -0.0187. The average molecular weight is 503 g/mol. The summed E-state index contributed by atoms with van der Waals surface area (Å²) in [7, 11) is 0. The quantitative estimate of drug-likeness (QED) is 0.395. The third kappa shape index (κ3) is 4.51. The number of aliphatic carboxylic acids is 1. The molecular formula is C28H42N2O6. The van der Waals surface area contributed by atoms with Crippen LogP contribution in [0.3, 0.4) is 0 Å². The SMILES string of the molecule is CC(C)(CNC(=O)CON=C1C=C[C@@]2(C)C(=C1)CC[C@H]1[C@H]3CC[C@](C)(O)[C@@]3(C)CC[C@@H]12)[C@@H](O)C(=O)O. The van der Waals surface area contributed by atoms with E-state index < -0.39 is 29.0 Å². The molecule has 0 aliphatic heterocycles. The van der Waals surface area contributed by atoms with E-state index in [0.29, 0.717) is 23.5 Å². The van der Waals surface area contributed by atoms with E-state index in [1.54, 1.807) is 13.8 Å². The fraction of sp³-hybridized carbons (Fsp3) is 0.750. The Morgan fingerprint density at radius 3 is 2.58 bits per heavy atom. The number of hydrogen-bond acceptors (Lipinski definition) is 6. The molecule has 200 valence electrons. The highest BCUT2D eigenvalue weighted by atomic mass is 16.6. The number of carbonyl (C=O) groups is 2. The van der Waals surface area contributed by atoms with Gasteiger partial charge >= 0.3 is 5.97 Å². The first-order valence-corrected chi connectivity index (χ1v) is 13.2. The number of carboxylic acids is 1. The van der Waals surface area contributed by atoms with Crippen molar-refractivity contribution in [3.8, 4) is 0 Å². The Kier molecular flexibility index (Phi) is 6.92. The van der Waals surface area contributed by atoms with Gasteiger partial charge in [-0.05, 0) is 80.8 Å². The highest BCUT2D eigenvalue weighted by Crippen LogP contribution is 2.66. The van der Waals surface area contributed by atoms with E-state index in [0.717, 1.165) is 38.5 Å². The molecule has 0 bridgehead atoms. The van der Waals surface area contributed by atoms with E-state index in [1.807, 2.05) is 13.0 Å². The molecule has 1 amide bonds. The van der Waals surface area contributed by atoms with E-state index >= 15 is 0 Å². The molecule has 0 aromatic heterocycles. The molecule has 3 fully saturated rings. The standard InChI is InChI=1S/C28H42N2O6/c1-25(2,23(32)24(33)34)16-29-22(31)15-36-30-18-8-11-26(3)17(14-18)6-7-19-20(26)9-12-27(4)21(19)10-13-28(27,5)35/h8,11,14,19-21,23,32,35H,6-7,9-10,12-13,15-16H2,1-5H3,(H,29,31)(H,33,34)/t19-,20+,21-,23+,26+,27+,28+/m1/s1. The number of carboxylic acid groups (broad SMARTS) is 1. The van der Waals surface area contributed by atoms with E-state index in [1.165, 1.54) is 5.57 Å². The van der Waals surface area contributed by atoms with Crippen LogP contribution in [-0.2, 0) is 14.4 Å². The van der Waals surface area contributed by atoms with Gasteiger partial charge in [-0.2, -0.15) is 0 Å². The van der Waals surface area contributed by atoms with Crippen LogP contribution in [0, 0.1) is 34.0 Å². The molecule has 3 saturated carbocycles. The van der Waals surface area contributed by atoms with Crippen molar-refractivity contribution in [2.75, 3.05) is 13.2 Å². The number of oxime groups is 1. The summed E-state index contributed by atoms with van der Waals surface area (Å²) in [4.78, 5) is 28.4. The van der Waals surface area contributed by atoms with Crippen LogP contribution in [0.1, 0.15) is 73.1 Å². The highest BCUT2D eigenvalue weighted by molar-refractivity contribution is 6.05. The zero-order valence-corrected chi connectivity index (χ0v) is 22.2. The van der Waals surface area contributed by atoms with Gasteiger partial charge in [0.25, 0.3) is 5.91 Å². The first-order chi connectivity index (χ1) is 16.7. The Hall–Kier alpha value is -2.19. The maximum Gasteiger partial charge on any atom is 0.333 e. The van der Waals surface area contributed by atoms with Crippen LogP contribution in [0.5, 0.6) is 0 Å². The van der Waals surface area contributed by atoms with Gasteiger partial charge in [0.2, 0.25) is 0 Å². The van der Waals surface area contributed by atoms with Crippen molar-refractivity contribution in [3.63, 3.8) is 0 Å². The van der Waals surface area contributed by atoms with Gasteiger partial charge in [0, 0.05) is 17.4 Å². The fourth-order valence-electron chi connectivity index (χ4n) is 7.48. The summed E-state index contributed by atoms with van der Waals surface area (Å²) in [5, 5.41) is 36.6. The molecule has 0 heterocycles. The van der Waals surface area contributed by atoms with E-state index in [-0.39, 0.29) is 24.0 Å². The lowest BCUT2D eigenvalue weighted by Gasteiger charge is -2.58. The second kappa shape index (κ2) is 9.28. The van der Waals surface area contributed by atoms with Gasteiger partial charge in [-0.15, -0.1) is 0 Å². The number of carbonyl (C=O) groups excluding carboxylic acids is 1. The molecule has 4 N–H and O–H groups in total. The summed E-state index contributed by atoms with van der Waals surface area (Å²) in [5.41, 5.74) is 0.434. The van der Waals surface area contributed by atoms with E-state index in [2.05, 4.69) is 36.5 Å². The van der Waals surface area contributed by atoms with Gasteiger partial charge in [0.05, 0.1) is 5.60 Å². The molecule has 0 aromatic carbocycles. The van der Waals surface area contributed by atoms with Gasteiger partial charge < -0.3 is 25.5 Å². The second-order valence-electron chi connectivity index (χ2n) is 12.8. The van der Waals surface area contributed by atoms with Crippen molar-refractivity contribution in [2.24, 2.45) is 39.2 Å². The maximum atomic E-state index is 12.1. The molecule has 8 heteroatoms. The predicted octanol–water partition coefficient (Wildman–Crippen LogP) is 3.44. The molecule has 4 aliphatic carbocycles. The number of fused-ring (bicyclic) bond motifs is 5. The predicted molar refractivity (Wildman–Crippen MR) is 136 cm³/mol. The fourth-order valence-corrected chi connectivity index (χ4v) is 7.48. The number of aliphatic hydroxyl groups excluding tert-OH is 1. The molecule has 0 unspecified atom stereocenters. The summed E-state index contributed by atoms with van der Waals surface area (Å²) < 4.78 is 0. The van der Waals surface area contributed by atoms with Crippen LogP contribution in [0.4, 0.5) is 0 Å². The topological polar surface area (TPSA) is 128 Å². The molecule has 4 aliphatic rings. The summed E-state index contributed by atoms with van der Waals surface area (Å²) in [6, 6.07) is 0. The third-order valence-electron chi connectivity index (χ3n) is 10.2. The molecule has 0 aromatic rings. The van der Waals surface area contributed by atoms with Crippen molar-refractivity contribution in [1.82, 2.24) is 5.32 Å². The summed E-state index contributed by atoms with van der Waals surface area (Å²) >= 11 is 0. The minimum Gasteiger partial charge on any atom is -0.479 e. The Labute approximate surface area is 213 Å². The van der Waals surface area contributed by atoms with Crippen LogP contribution in [0.15, 0.2) is 29.0 Å². The van der Waals surface area contributed by atoms with E-state index in [4.69, 9.17) is 9.94 Å². The number of amides is 1. The van der Waals surface area contributed by atoms with Crippen molar-refractivity contribution in [3.05, 3.63) is 23.8 Å². The zero-order chi connectivity index (χ0) is 26.5.